The summed E-state index contributed by atoms with van der Waals surface area (Å²) in [7, 11) is 4.03. The average molecular weight is 231 g/mol. The summed E-state index contributed by atoms with van der Waals surface area (Å²) >= 11 is 0. The van der Waals surface area contributed by atoms with Gasteiger partial charge in [-0.1, -0.05) is 13.0 Å². The molecule has 1 saturated heterocycles. The van der Waals surface area contributed by atoms with Gasteiger partial charge in [-0.2, -0.15) is 0 Å². The highest BCUT2D eigenvalue weighted by atomic mass is 16.5. The molecule has 1 aliphatic carbocycles. The molecule has 3 rings (SSSR count). The molecule has 1 aromatic rings. The Morgan fingerprint density at radius 1 is 1.35 bits per heavy atom. The minimum absolute atomic E-state index is 0.731. The molecule has 1 heterocycles. The van der Waals surface area contributed by atoms with E-state index in [-0.39, 0.29) is 0 Å². The number of nitrogens with zero attached hydrogens (tertiary/aromatic N) is 1. The van der Waals surface area contributed by atoms with Crippen LogP contribution in [-0.2, 0) is 6.42 Å². The quantitative estimate of drug-likeness (QED) is 0.737. The van der Waals surface area contributed by atoms with Crippen molar-refractivity contribution in [3.8, 4) is 5.75 Å². The van der Waals surface area contributed by atoms with Crippen molar-refractivity contribution in [2.75, 3.05) is 20.7 Å². The highest BCUT2D eigenvalue weighted by Gasteiger charge is 2.39. The maximum atomic E-state index is 5.36. The first-order chi connectivity index (χ1) is 8.20. The van der Waals surface area contributed by atoms with Crippen LogP contribution in [0.25, 0.3) is 0 Å². The number of likely N-dealkylation sites (tertiary alicyclic amines) is 1. The maximum absolute atomic E-state index is 5.36. The van der Waals surface area contributed by atoms with Gasteiger partial charge in [0.05, 0.1) is 7.11 Å². The summed E-state index contributed by atoms with van der Waals surface area (Å²) in [5.74, 6) is 2.51. The molecule has 0 N–H and O–H groups in total. The van der Waals surface area contributed by atoms with Crippen LogP contribution in [0.4, 0.5) is 0 Å². The fraction of sp³-hybridized carbons (Fsp3) is 0.600. The molecule has 2 bridgehead atoms. The maximum Gasteiger partial charge on any atom is 0.119 e. The Bertz CT molecular complexity index is 429. The van der Waals surface area contributed by atoms with E-state index in [9.17, 15) is 0 Å². The summed E-state index contributed by atoms with van der Waals surface area (Å²) in [4.78, 5) is 2.54. The van der Waals surface area contributed by atoms with Gasteiger partial charge >= 0.3 is 0 Å². The number of likely N-dealkylation sites (N-methyl/N-ethyl adjacent to an activating group) is 1. The Balaban J connectivity index is 2.04. The number of ether oxygens (including phenoxy) is 1. The fourth-order valence-corrected chi connectivity index (χ4v) is 3.68. The number of rotatable bonds is 1. The van der Waals surface area contributed by atoms with E-state index in [0.717, 1.165) is 23.6 Å². The van der Waals surface area contributed by atoms with Gasteiger partial charge in [-0.05, 0) is 61.5 Å². The van der Waals surface area contributed by atoms with Gasteiger partial charge in [0.15, 0.2) is 0 Å². The van der Waals surface area contributed by atoms with E-state index in [1.54, 1.807) is 12.7 Å². The summed E-state index contributed by atoms with van der Waals surface area (Å²) < 4.78 is 5.36. The van der Waals surface area contributed by atoms with E-state index in [4.69, 9.17) is 4.74 Å². The van der Waals surface area contributed by atoms with Gasteiger partial charge in [-0.25, -0.2) is 0 Å². The van der Waals surface area contributed by atoms with Crippen LogP contribution in [0.15, 0.2) is 18.2 Å². The molecule has 2 aliphatic rings. The van der Waals surface area contributed by atoms with Crippen molar-refractivity contribution in [3.05, 3.63) is 29.3 Å². The second-order valence-electron chi connectivity index (χ2n) is 5.57. The summed E-state index contributed by atoms with van der Waals surface area (Å²) in [6.45, 7) is 3.64. The molecule has 92 valence electrons. The van der Waals surface area contributed by atoms with Gasteiger partial charge < -0.3 is 9.64 Å². The van der Waals surface area contributed by atoms with E-state index < -0.39 is 0 Å². The zero-order chi connectivity index (χ0) is 12.0. The van der Waals surface area contributed by atoms with E-state index in [1.807, 2.05) is 0 Å². The van der Waals surface area contributed by atoms with Gasteiger partial charge in [0.2, 0.25) is 0 Å². The molecule has 0 radical (unpaired) electrons. The predicted octanol–water partition coefficient (Wildman–Crippen LogP) is 2.68. The lowest BCUT2D eigenvalue weighted by molar-refractivity contribution is 0.0991. The lowest BCUT2D eigenvalue weighted by atomic mass is 9.69. The largest absolute Gasteiger partial charge is 0.497 e. The molecule has 3 atom stereocenters. The van der Waals surface area contributed by atoms with Crippen molar-refractivity contribution < 1.29 is 4.74 Å². The molecule has 0 spiro atoms. The highest BCUT2D eigenvalue weighted by Crippen LogP contribution is 2.44. The summed E-state index contributed by atoms with van der Waals surface area (Å²) in [5, 5.41) is 0. The molecule has 1 fully saturated rings. The van der Waals surface area contributed by atoms with E-state index in [0.29, 0.717) is 0 Å². The smallest absolute Gasteiger partial charge is 0.119 e. The average Bonchev–Trinajstić information content (AvgIpc) is 2.34. The van der Waals surface area contributed by atoms with Gasteiger partial charge in [-0.3, -0.25) is 0 Å². The van der Waals surface area contributed by atoms with E-state index in [1.165, 1.54) is 24.9 Å². The number of hydrogen-bond donors (Lipinski definition) is 0. The third-order valence-corrected chi connectivity index (χ3v) is 4.78. The van der Waals surface area contributed by atoms with Crippen LogP contribution in [-0.4, -0.2) is 31.6 Å². The predicted molar refractivity (Wildman–Crippen MR) is 69.6 cm³/mol. The van der Waals surface area contributed by atoms with Crippen molar-refractivity contribution in [3.63, 3.8) is 0 Å². The number of benzene rings is 1. The topological polar surface area (TPSA) is 12.5 Å². The first-order valence-electron chi connectivity index (χ1n) is 6.57. The van der Waals surface area contributed by atoms with E-state index >= 15 is 0 Å². The molecule has 1 aliphatic heterocycles. The van der Waals surface area contributed by atoms with Crippen LogP contribution in [0.3, 0.4) is 0 Å². The Morgan fingerprint density at radius 3 is 2.94 bits per heavy atom. The van der Waals surface area contributed by atoms with Crippen LogP contribution in [0.5, 0.6) is 5.75 Å². The molecule has 2 nitrogen and oxygen atoms in total. The first kappa shape index (κ1) is 11.1. The third kappa shape index (κ3) is 1.66. The molecule has 0 amide bonds. The van der Waals surface area contributed by atoms with Crippen molar-refractivity contribution in [1.29, 1.82) is 0 Å². The zero-order valence-electron chi connectivity index (χ0n) is 10.9. The van der Waals surface area contributed by atoms with Crippen LogP contribution >= 0.6 is 0 Å². The Labute approximate surface area is 104 Å². The molecule has 0 saturated carbocycles. The fourth-order valence-electron chi connectivity index (χ4n) is 3.68. The number of hydrogen-bond acceptors (Lipinski definition) is 2. The highest BCUT2D eigenvalue weighted by molar-refractivity contribution is 5.41. The second-order valence-corrected chi connectivity index (χ2v) is 5.57. The van der Waals surface area contributed by atoms with Crippen molar-refractivity contribution >= 4 is 0 Å². The molecule has 1 aromatic carbocycles. The van der Waals surface area contributed by atoms with Gasteiger partial charge in [0.1, 0.15) is 5.75 Å². The summed E-state index contributed by atoms with van der Waals surface area (Å²) in [6.07, 6.45) is 2.49. The van der Waals surface area contributed by atoms with Gasteiger partial charge in [-0.15, -0.1) is 0 Å². The first-order valence-corrected chi connectivity index (χ1v) is 6.57. The number of fused-ring (bicyclic) bond motifs is 4. The molecular formula is C15H21NO. The molecular weight excluding hydrogens is 210 g/mol. The Kier molecular flexibility index (Phi) is 2.62. The van der Waals surface area contributed by atoms with Crippen LogP contribution in [0.2, 0.25) is 0 Å². The summed E-state index contributed by atoms with van der Waals surface area (Å²) in [6, 6.07) is 7.36. The van der Waals surface area contributed by atoms with Crippen LogP contribution in [0, 0.1) is 5.92 Å². The molecule has 0 aromatic heterocycles. The van der Waals surface area contributed by atoms with Crippen molar-refractivity contribution in [2.45, 2.75) is 31.7 Å². The second kappa shape index (κ2) is 4.02. The number of methoxy groups -OCH3 is 1. The summed E-state index contributed by atoms with van der Waals surface area (Å²) in [5.41, 5.74) is 3.08. The normalized spacial score (nSPS) is 32.1. The van der Waals surface area contributed by atoms with Crippen LogP contribution < -0.4 is 4.74 Å². The zero-order valence-corrected chi connectivity index (χ0v) is 10.9. The standard InChI is InChI=1S/C15H21NO/c1-10-13-6-7-16(2)15(10)8-11-4-5-12(17-3)9-14(11)13/h4-5,9-10,13,15H,6-8H2,1-3H3/t10-,13?,15?/m1/s1. The van der Waals surface area contributed by atoms with Crippen LogP contribution in [0.1, 0.15) is 30.4 Å². The monoisotopic (exact) mass is 231 g/mol. The van der Waals surface area contributed by atoms with Crippen molar-refractivity contribution in [1.82, 2.24) is 4.90 Å². The van der Waals surface area contributed by atoms with Gasteiger partial charge in [0, 0.05) is 6.04 Å². The lowest BCUT2D eigenvalue weighted by Gasteiger charge is -2.47. The molecule has 2 heteroatoms. The van der Waals surface area contributed by atoms with Crippen molar-refractivity contribution in [2.24, 2.45) is 5.92 Å². The van der Waals surface area contributed by atoms with Gasteiger partial charge in [0.25, 0.3) is 0 Å². The SMILES string of the molecule is COc1ccc2c(c1)C1CCN(C)C(C2)[C@@H]1C. The Morgan fingerprint density at radius 2 is 2.18 bits per heavy atom. The minimum atomic E-state index is 0.731. The third-order valence-electron chi connectivity index (χ3n) is 4.78. The molecule has 2 unspecified atom stereocenters. The Hall–Kier alpha value is -1.02. The van der Waals surface area contributed by atoms with E-state index in [2.05, 4.69) is 37.1 Å². The molecule has 17 heavy (non-hydrogen) atoms. The lowest BCUT2D eigenvalue weighted by Crippen LogP contribution is -2.49. The minimum Gasteiger partial charge on any atom is -0.497 e. The number of piperidine rings is 1.